The molecule has 0 fully saturated rings. The minimum absolute atomic E-state index is 0.177. The van der Waals surface area contributed by atoms with Crippen LogP contribution in [0, 0.1) is 6.92 Å². The normalized spacial score (nSPS) is 11.4. The van der Waals surface area contributed by atoms with Crippen LogP contribution in [-0.2, 0) is 10.0 Å². The molecule has 0 atom stereocenters. The predicted molar refractivity (Wildman–Crippen MR) is 108 cm³/mol. The van der Waals surface area contributed by atoms with Gasteiger partial charge in [0.1, 0.15) is 4.88 Å². The van der Waals surface area contributed by atoms with E-state index in [1.165, 1.54) is 0 Å². The van der Waals surface area contributed by atoms with Gasteiger partial charge in [0.25, 0.3) is 5.91 Å². The fourth-order valence-corrected chi connectivity index (χ4v) is 4.36. The minimum atomic E-state index is -3.45. The Kier molecular flexibility index (Phi) is 5.57. The number of carbonyl (C=O) groups is 1. The minimum Gasteiger partial charge on any atom is -0.340 e. The van der Waals surface area contributed by atoms with Gasteiger partial charge >= 0.3 is 0 Å². The van der Waals surface area contributed by atoms with E-state index in [-0.39, 0.29) is 17.1 Å². The zero-order valence-electron chi connectivity index (χ0n) is 14.8. The van der Waals surface area contributed by atoms with Crippen LogP contribution in [0.3, 0.4) is 0 Å². The summed E-state index contributed by atoms with van der Waals surface area (Å²) in [6.07, 6.45) is 1.05. The number of nitrogens with zero attached hydrogens (tertiary/aromatic N) is 1. The zero-order valence-corrected chi connectivity index (χ0v) is 16.5. The highest BCUT2D eigenvalue weighted by Gasteiger charge is 2.22. The van der Waals surface area contributed by atoms with Crippen molar-refractivity contribution in [2.24, 2.45) is 0 Å². The molecule has 6 nitrogen and oxygen atoms in total. The van der Waals surface area contributed by atoms with E-state index in [0.717, 1.165) is 28.7 Å². The molecule has 1 heterocycles. The number of aryl methyl sites for hydroxylation is 1. The lowest BCUT2D eigenvalue weighted by molar-refractivity contribution is 0.0946. The molecule has 2 aromatic carbocycles. The molecular weight excluding hydrogens is 382 g/mol. The second-order valence-corrected chi connectivity index (χ2v) is 8.78. The maximum atomic E-state index is 12.9. The number of nitrogens with one attached hydrogen (secondary N) is 2. The van der Waals surface area contributed by atoms with E-state index >= 15 is 0 Å². The second-order valence-electron chi connectivity index (χ2n) is 6.04. The molecule has 0 bridgehead atoms. The first-order valence-corrected chi connectivity index (χ1v) is 10.9. The first kappa shape index (κ1) is 19.1. The summed E-state index contributed by atoms with van der Waals surface area (Å²) in [6, 6.07) is 19.0. The third-order valence-electron chi connectivity index (χ3n) is 3.82. The van der Waals surface area contributed by atoms with Crippen LogP contribution in [0.1, 0.15) is 32.5 Å². The third kappa shape index (κ3) is 4.93. The Bertz CT molecular complexity index is 993. The van der Waals surface area contributed by atoms with Gasteiger partial charge in [-0.3, -0.25) is 9.52 Å². The van der Waals surface area contributed by atoms with Gasteiger partial charge in [-0.15, -0.1) is 0 Å². The van der Waals surface area contributed by atoms with Crippen molar-refractivity contribution in [3.8, 4) is 0 Å². The average Bonchev–Trinajstić information content (AvgIpc) is 2.99. The van der Waals surface area contributed by atoms with E-state index < -0.39 is 10.0 Å². The van der Waals surface area contributed by atoms with Crippen LogP contribution in [0.15, 0.2) is 60.7 Å². The highest BCUT2D eigenvalue weighted by Crippen LogP contribution is 2.26. The van der Waals surface area contributed by atoms with Gasteiger partial charge in [-0.1, -0.05) is 72.0 Å². The smallest absolute Gasteiger partial charge is 0.264 e. The highest BCUT2D eigenvalue weighted by atomic mass is 32.2. The summed E-state index contributed by atoms with van der Waals surface area (Å²) in [6.45, 7) is 1.68. The summed E-state index contributed by atoms with van der Waals surface area (Å²) in [7, 11) is -3.45. The summed E-state index contributed by atoms with van der Waals surface area (Å²) >= 11 is 1.01. The average molecular weight is 402 g/mol. The van der Waals surface area contributed by atoms with Gasteiger partial charge in [0.15, 0.2) is 5.13 Å². The van der Waals surface area contributed by atoms with E-state index in [4.69, 9.17) is 0 Å². The predicted octanol–water partition coefficient (Wildman–Crippen LogP) is 3.34. The van der Waals surface area contributed by atoms with Crippen LogP contribution in [0.2, 0.25) is 0 Å². The molecular formula is C19H19N3O3S2. The Morgan fingerprint density at radius 3 is 2.00 bits per heavy atom. The van der Waals surface area contributed by atoms with Crippen molar-refractivity contribution in [3.05, 3.63) is 82.4 Å². The number of amides is 1. The molecule has 3 rings (SSSR count). The summed E-state index contributed by atoms with van der Waals surface area (Å²) in [5.74, 6) is -0.302. The van der Waals surface area contributed by atoms with Crippen molar-refractivity contribution >= 4 is 32.4 Å². The zero-order chi connectivity index (χ0) is 19.4. The lowest BCUT2D eigenvalue weighted by atomic mass is 9.98. The van der Waals surface area contributed by atoms with Gasteiger partial charge in [-0.2, -0.15) is 0 Å². The van der Waals surface area contributed by atoms with Crippen molar-refractivity contribution < 1.29 is 13.2 Å². The summed E-state index contributed by atoms with van der Waals surface area (Å²) < 4.78 is 25.1. The fraction of sp³-hybridized carbons (Fsp3) is 0.158. The molecule has 27 heavy (non-hydrogen) atoms. The Labute approximate surface area is 162 Å². The van der Waals surface area contributed by atoms with Crippen molar-refractivity contribution in [1.29, 1.82) is 0 Å². The Morgan fingerprint density at radius 2 is 1.52 bits per heavy atom. The largest absolute Gasteiger partial charge is 0.340 e. The molecule has 0 radical (unpaired) electrons. The van der Waals surface area contributed by atoms with E-state index in [2.05, 4.69) is 15.0 Å². The van der Waals surface area contributed by atoms with Crippen molar-refractivity contribution in [2.45, 2.75) is 13.0 Å². The highest BCUT2D eigenvalue weighted by molar-refractivity contribution is 7.92. The molecule has 0 aliphatic rings. The molecule has 1 aromatic heterocycles. The van der Waals surface area contributed by atoms with Crippen LogP contribution in [0.4, 0.5) is 5.13 Å². The van der Waals surface area contributed by atoms with Gasteiger partial charge in [-0.05, 0) is 18.1 Å². The number of thiazole rings is 1. The van der Waals surface area contributed by atoms with Crippen LogP contribution in [0.5, 0.6) is 0 Å². The molecule has 2 N–H and O–H groups in total. The number of hydrogen-bond acceptors (Lipinski definition) is 5. The van der Waals surface area contributed by atoms with Crippen LogP contribution in [0.25, 0.3) is 0 Å². The van der Waals surface area contributed by atoms with Gasteiger partial charge in [0, 0.05) is 0 Å². The SMILES string of the molecule is Cc1nc(NS(C)(=O)=O)sc1C(=O)NC(c1ccccc1)c1ccccc1. The standard InChI is InChI=1S/C19H19N3O3S2/c1-13-17(26-19(20-13)22-27(2,24)25)18(23)21-16(14-9-5-3-6-10-14)15-11-7-4-8-12-15/h3-12,16H,1-2H3,(H,20,22)(H,21,23). The van der Waals surface area contributed by atoms with Gasteiger partial charge in [0.2, 0.25) is 10.0 Å². The third-order valence-corrected chi connectivity index (χ3v) is 5.58. The maximum Gasteiger partial charge on any atom is 0.264 e. The van der Waals surface area contributed by atoms with Crippen LogP contribution in [-0.4, -0.2) is 25.6 Å². The number of benzene rings is 2. The van der Waals surface area contributed by atoms with E-state index in [9.17, 15) is 13.2 Å². The van der Waals surface area contributed by atoms with Crippen LogP contribution < -0.4 is 10.0 Å². The van der Waals surface area contributed by atoms with E-state index in [1.54, 1.807) is 6.92 Å². The topological polar surface area (TPSA) is 88.2 Å². The number of anilines is 1. The number of aromatic nitrogens is 1. The van der Waals surface area contributed by atoms with Gasteiger partial charge in [0.05, 0.1) is 18.0 Å². The Balaban J connectivity index is 1.90. The number of hydrogen-bond donors (Lipinski definition) is 2. The quantitative estimate of drug-likeness (QED) is 0.663. The van der Waals surface area contributed by atoms with Gasteiger partial charge in [-0.25, -0.2) is 13.4 Å². The summed E-state index contributed by atoms with van der Waals surface area (Å²) in [5, 5.41) is 3.21. The molecule has 0 spiro atoms. The molecule has 1 amide bonds. The molecule has 0 unspecified atom stereocenters. The maximum absolute atomic E-state index is 12.9. The number of carbonyl (C=O) groups excluding carboxylic acids is 1. The molecule has 8 heteroatoms. The first-order valence-electron chi connectivity index (χ1n) is 8.19. The van der Waals surface area contributed by atoms with E-state index in [0.29, 0.717) is 10.6 Å². The van der Waals surface area contributed by atoms with Crippen molar-refractivity contribution in [3.63, 3.8) is 0 Å². The molecule has 0 saturated carbocycles. The molecule has 0 saturated heterocycles. The lowest BCUT2D eigenvalue weighted by Gasteiger charge is -2.19. The molecule has 0 aliphatic heterocycles. The summed E-state index contributed by atoms with van der Waals surface area (Å²) in [4.78, 5) is 17.4. The Hall–Kier alpha value is -2.71. The fourth-order valence-electron chi connectivity index (χ4n) is 2.66. The van der Waals surface area contributed by atoms with E-state index in [1.807, 2.05) is 60.7 Å². The first-order chi connectivity index (χ1) is 12.8. The van der Waals surface area contributed by atoms with Crippen molar-refractivity contribution in [2.75, 3.05) is 11.0 Å². The van der Waals surface area contributed by atoms with Gasteiger partial charge < -0.3 is 5.32 Å². The summed E-state index contributed by atoms with van der Waals surface area (Å²) in [5.41, 5.74) is 2.38. The van der Waals surface area contributed by atoms with Crippen molar-refractivity contribution in [1.82, 2.24) is 10.3 Å². The lowest BCUT2D eigenvalue weighted by Crippen LogP contribution is -2.29. The molecule has 0 aliphatic carbocycles. The van der Waals surface area contributed by atoms with Crippen LogP contribution >= 0.6 is 11.3 Å². The molecule has 140 valence electrons. The number of rotatable bonds is 6. The second kappa shape index (κ2) is 7.89. The Morgan fingerprint density at radius 1 is 1.00 bits per heavy atom. The number of sulfonamides is 1. The monoisotopic (exact) mass is 401 g/mol. The molecule has 3 aromatic rings.